The Balaban J connectivity index is 2.29. The first-order valence-corrected chi connectivity index (χ1v) is 11.1. The van der Waals surface area contributed by atoms with Crippen molar-refractivity contribution >= 4 is 27.6 Å². The first-order valence-electron chi connectivity index (χ1n) is 9.21. The van der Waals surface area contributed by atoms with Gasteiger partial charge in [0.05, 0.1) is 12.9 Å². The van der Waals surface area contributed by atoms with Gasteiger partial charge in [-0.2, -0.15) is 0 Å². The van der Waals surface area contributed by atoms with Crippen LogP contribution in [0.15, 0.2) is 0 Å². The minimum atomic E-state index is -3.20. The maximum Gasteiger partial charge on any atom is 0.287 e. The molecule has 1 aliphatic heterocycles. The lowest BCUT2D eigenvalue weighted by atomic mass is 9.87. The lowest BCUT2D eigenvalue weighted by Crippen LogP contribution is -2.46. The average Bonchev–Trinajstić information content (AvgIpc) is 2.64. The first kappa shape index (κ1) is 24.5. The molecule has 0 aliphatic carbocycles. The Bertz CT molecular complexity index is 670. The van der Waals surface area contributed by atoms with Gasteiger partial charge in [0, 0.05) is 38.0 Å². The third-order valence-corrected chi connectivity index (χ3v) is 6.20. The predicted octanol–water partition coefficient (Wildman–Crippen LogP) is -1.77. The maximum atomic E-state index is 11.9. The average molecular weight is 422 g/mol. The molecule has 1 unspecified atom stereocenters. The molecule has 1 rings (SSSR count). The van der Waals surface area contributed by atoms with Crippen LogP contribution in [0.4, 0.5) is 0 Å². The van der Waals surface area contributed by atoms with Gasteiger partial charge >= 0.3 is 0 Å². The summed E-state index contributed by atoms with van der Waals surface area (Å²) in [6.45, 7) is 3.64. The molecule has 0 radical (unpaired) electrons. The summed E-state index contributed by atoms with van der Waals surface area (Å²) >= 11 is 0. The summed E-state index contributed by atoms with van der Waals surface area (Å²) in [4.78, 5) is 35.5. The van der Waals surface area contributed by atoms with E-state index in [1.54, 1.807) is 0 Å². The number of carbonyl (C=O) groups is 3. The van der Waals surface area contributed by atoms with Crippen LogP contribution in [-0.4, -0.2) is 85.7 Å². The first-order chi connectivity index (χ1) is 12.9. The van der Waals surface area contributed by atoms with Gasteiger partial charge in [-0.1, -0.05) is 13.8 Å². The lowest BCUT2D eigenvalue weighted by molar-refractivity contribution is -0.139. The summed E-state index contributed by atoms with van der Waals surface area (Å²) in [5, 5.41) is 23.9. The highest BCUT2D eigenvalue weighted by atomic mass is 32.2. The van der Waals surface area contributed by atoms with E-state index in [9.17, 15) is 27.9 Å². The quantitative estimate of drug-likeness (QED) is 0.304. The minimum Gasteiger partial charge on any atom is -0.396 e. The van der Waals surface area contributed by atoms with Crippen molar-refractivity contribution in [3.8, 4) is 0 Å². The lowest BCUT2D eigenvalue weighted by Gasteiger charge is -2.30. The number of hydrogen-bond donors (Lipinski definition) is 4. The fourth-order valence-corrected chi connectivity index (χ4v) is 3.61. The number of nitrogens with one attached hydrogen (secondary N) is 2. The zero-order valence-electron chi connectivity index (χ0n) is 16.6. The molecule has 28 heavy (non-hydrogen) atoms. The number of Topliss-reactive ketones (excluding diaryl/α,β-unsaturated/α-hetero) is 1. The maximum absolute atomic E-state index is 11.9. The van der Waals surface area contributed by atoms with Crippen molar-refractivity contribution in [2.45, 2.75) is 39.2 Å². The number of hydrogen-bond acceptors (Lipinski definition) is 7. The van der Waals surface area contributed by atoms with Gasteiger partial charge in [-0.15, -0.1) is 0 Å². The summed E-state index contributed by atoms with van der Waals surface area (Å²) in [6, 6.07) is 0. The highest BCUT2D eigenvalue weighted by Gasteiger charge is 2.33. The third kappa shape index (κ3) is 7.46. The molecule has 1 aliphatic rings. The summed E-state index contributed by atoms with van der Waals surface area (Å²) in [7, 11) is -3.20. The topological polar surface area (TPSA) is 153 Å². The van der Waals surface area contributed by atoms with E-state index in [1.807, 2.05) is 0 Å². The van der Waals surface area contributed by atoms with Crippen LogP contribution < -0.4 is 10.6 Å². The molecule has 2 amide bonds. The van der Waals surface area contributed by atoms with Crippen LogP contribution in [0.1, 0.15) is 33.1 Å². The van der Waals surface area contributed by atoms with Gasteiger partial charge in [0.25, 0.3) is 5.91 Å². The number of nitrogens with zero attached hydrogens (tertiary/aromatic N) is 1. The van der Waals surface area contributed by atoms with Crippen molar-refractivity contribution < 1.29 is 33.0 Å². The standard InChI is InChI=1S/C17H31N3O7S/c1-17(2,11-21)14(23)16(25)18-7-4-13(22)15(24)19-10-12-5-8-20(9-6-12)28(3,26)27/h12,14,21,23H,4-11H2,1-3H3,(H,18,25)(H,19,24). The number of sulfonamides is 1. The van der Waals surface area contributed by atoms with Crippen LogP contribution >= 0.6 is 0 Å². The highest BCUT2D eigenvalue weighted by Crippen LogP contribution is 2.19. The van der Waals surface area contributed by atoms with Crippen molar-refractivity contribution in [2.24, 2.45) is 11.3 Å². The summed E-state index contributed by atoms with van der Waals surface area (Å²) in [5.41, 5.74) is -1.02. The van der Waals surface area contributed by atoms with Crippen LogP contribution in [0.5, 0.6) is 0 Å². The van der Waals surface area contributed by atoms with E-state index in [2.05, 4.69) is 10.6 Å². The van der Waals surface area contributed by atoms with Gasteiger partial charge in [-0.25, -0.2) is 12.7 Å². The summed E-state index contributed by atoms with van der Waals surface area (Å²) in [6.07, 6.45) is 0.734. The van der Waals surface area contributed by atoms with Crippen LogP contribution in [0.3, 0.4) is 0 Å². The zero-order chi connectivity index (χ0) is 21.5. The van der Waals surface area contributed by atoms with E-state index in [-0.39, 0.29) is 32.0 Å². The second kappa shape index (κ2) is 10.3. The molecule has 0 aromatic rings. The van der Waals surface area contributed by atoms with E-state index in [0.717, 1.165) is 6.26 Å². The number of ketones is 1. The molecule has 10 nitrogen and oxygen atoms in total. The van der Waals surface area contributed by atoms with Gasteiger partial charge in [-0.05, 0) is 18.8 Å². The molecule has 1 atom stereocenters. The fourth-order valence-electron chi connectivity index (χ4n) is 2.73. The monoisotopic (exact) mass is 421 g/mol. The molecule has 162 valence electrons. The van der Waals surface area contributed by atoms with E-state index >= 15 is 0 Å². The second-order valence-corrected chi connectivity index (χ2v) is 9.81. The van der Waals surface area contributed by atoms with Crippen LogP contribution in [0.2, 0.25) is 0 Å². The number of amides is 2. The molecule has 11 heteroatoms. The van der Waals surface area contributed by atoms with Crippen molar-refractivity contribution in [3.63, 3.8) is 0 Å². The van der Waals surface area contributed by atoms with Gasteiger partial charge in [0.2, 0.25) is 21.7 Å². The van der Waals surface area contributed by atoms with Crippen molar-refractivity contribution in [2.75, 3.05) is 39.0 Å². The molecule has 0 aromatic heterocycles. The van der Waals surface area contributed by atoms with Crippen molar-refractivity contribution in [3.05, 3.63) is 0 Å². The number of carbonyl (C=O) groups excluding carboxylic acids is 3. The van der Waals surface area contributed by atoms with E-state index in [1.165, 1.54) is 18.2 Å². The normalized spacial score (nSPS) is 17.8. The molecule has 1 saturated heterocycles. The van der Waals surface area contributed by atoms with E-state index < -0.39 is 39.1 Å². The number of rotatable bonds is 10. The molecule has 0 bridgehead atoms. The number of piperidine rings is 1. The van der Waals surface area contributed by atoms with Crippen LogP contribution in [0.25, 0.3) is 0 Å². The van der Waals surface area contributed by atoms with Gasteiger partial charge in [-0.3, -0.25) is 14.4 Å². The summed E-state index contributed by atoms with van der Waals surface area (Å²) < 4.78 is 24.3. The Morgan fingerprint density at radius 3 is 2.25 bits per heavy atom. The Labute approximate surface area is 165 Å². The van der Waals surface area contributed by atoms with E-state index in [4.69, 9.17) is 5.11 Å². The minimum absolute atomic E-state index is 0.101. The molecule has 4 N–H and O–H groups in total. The Morgan fingerprint density at radius 2 is 1.75 bits per heavy atom. The van der Waals surface area contributed by atoms with Crippen molar-refractivity contribution in [1.29, 1.82) is 0 Å². The smallest absolute Gasteiger partial charge is 0.287 e. The van der Waals surface area contributed by atoms with Gasteiger partial charge in [0.15, 0.2) is 0 Å². The van der Waals surface area contributed by atoms with Gasteiger partial charge in [0.1, 0.15) is 6.10 Å². The predicted molar refractivity (Wildman–Crippen MR) is 102 cm³/mol. The largest absolute Gasteiger partial charge is 0.396 e. The molecule has 0 aromatic carbocycles. The van der Waals surface area contributed by atoms with Gasteiger partial charge < -0.3 is 20.8 Å². The molecular weight excluding hydrogens is 390 g/mol. The Kier molecular flexibility index (Phi) is 8.99. The zero-order valence-corrected chi connectivity index (χ0v) is 17.4. The molecule has 0 spiro atoms. The van der Waals surface area contributed by atoms with Crippen LogP contribution in [0, 0.1) is 11.3 Å². The van der Waals surface area contributed by atoms with Crippen molar-refractivity contribution in [1.82, 2.24) is 14.9 Å². The SMILES string of the molecule is CC(C)(CO)C(O)C(=O)NCCC(=O)C(=O)NCC1CCN(S(C)(=O)=O)CC1. The third-order valence-electron chi connectivity index (χ3n) is 4.89. The van der Waals surface area contributed by atoms with E-state index in [0.29, 0.717) is 25.9 Å². The second-order valence-electron chi connectivity index (χ2n) is 7.83. The number of aliphatic hydroxyl groups excluding tert-OH is 2. The molecule has 1 heterocycles. The summed E-state index contributed by atoms with van der Waals surface area (Å²) in [5.74, 6) is -2.06. The van der Waals surface area contributed by atoms with Crippen LogP contribution in [-0.2, 0) is 24.4 Å². The Morgan fingerprint density at radius 1 is 1.18 bits per heavy atom. The molecule has 0 saturated carbocycles. The fraction of sp³-hybridized carbons (Fsp3) is 0.824. The molecular formula is C17H31N3O7S. The number of aliphatic hydroxyl groups is 2. The highest BCUT2D eigenvalue weighted by molar-refractivity contribution is 7.88. The Hall–Kier alpha value is -1.56. The molecule has 1 fully saturated rings.